The molecule has 0 heterocycles. The molecule has 0 atom stereocenters. The summed E-state index contributed by atoms with van der Waals surface area (Å²) in [7, 11) is 1.68. The average molecular weight is 278 g/mol. The van der Waals surface area contributed by atoms with Crippen molar-refractivity contribution in [1.82, 2.24) is 0 Å². The van der Waals surface area contributed by atoms with Crippen molar-refractivity contribution in [2.75, 3.05) is 18.1 Å². The number of halogens is 2. The van der Waals surface area contributed by atoms with E-state index in [1.165, 1.54) is 18.2 Å². The summed E-state index contributed by atoms with van der Waals surface area (Å²) in [6.45, 7) is 0. The SMILES string of the molecule is CNc1ccc(Oc2ccc(N)c(F)c2F)cc1N=N. The maximum absolute atomic E-state index is 13.6. The zero-order chi connectivity index (χ0) is 14.7. The Morgan fingerprint density at radius 2 is 1.95 bits per heavy atom. The summed E-state index contributed by atoms with van der Waals surface area (Å²) in [6, 6.07) is 7.05. The highest BCUT2D eigenvalue weighted by Gasteiger charge is 2.14. The monoisotopic (exact) mass is 278 g/mol. The Kier molecular flexibility index (Phi) is 3.79. The molecule has 0 saturated heterocycles. The lowest BCUT2D eigenvalue weighted by Gasteiger charge is -2.10. The lowest BCUT2D eigenvalue weighted by molar-refractivity contribution is 0.417. The summed E-state index contributed by atoms with van der Waals surface area (Å²) < 4.78 is 32.2. The van der Waals surface area contributed by atoms with Crippen molar-refractivity contribution in [2.24, 2.45) is 5.11 Å². The van der Waals surface area contributed by atoms with Crippen molar-refractivity contribution in [3.63, 3.8) is 0 Å². The molecule has 0 bridgehead atoms. The normalized spacial score (nSPS) is 10.2. The highest BCUT2D eigenvalue weighted by molar-refractivity contribution is 5.67. The Hall–Kier alpha value is -2.70. The second-order valence-electron chi connectivity index (χ2n) is 3.92. The third-order valence-electron chi connectivity index (χ3n) is 2.66. The molecule has 4 N–H and O–H groups in total. The van der Waals surface area contributed by atoms with Gasteiger partial charge < -0.3 is 15.8 Å². The summed E-state index contributed by atoms with van der Waals surface area (Å²) in [6.07, 6.45) is 0. The van der Waals surface area contributed by atoms with E-state index in [0.29, 0.717) is 11.4 Å². The Labute approximate surface area is 113 Å². The molecular weight excluding hydrogens is 266 g/mol. The van der Waals surface area contributed by atoms with Crippen molar-refractivity contribution >= 4 is 17.1 Å². The smallest absolute Gasteiger partial charge is 0.203 e. The first kappa shape index (κ1) is 13.7. The van der Waals surface area contributed by atoms with Gasteiger partial charge in [0.1, 0.15) is 11.4 Å². The lowest BCUT2D eigenvalue weighted by Crippen LogP contribution is -1.97. The molecule has 20 heavy (non-hydrogen) atoms. The van der Waals surface area contributed by atoms with Gasteiger partial charge in [0.2, 0.25) is 5.82 Å². The van der Waals surface area contributed by atoms with Gasteiger partial charge in [-0.3, -0.25) is 0 Å². The van der Waals surface area contributed by atoms with Gasteiger partial charge in [0.15, 0.2) is 11.6 Å². The molecule has 0 aliphatic heterocycles. The van der Waals surface area contributed by atoms with E-state index in [9.17, 15) is 8.78 Å². The summed E-state index contributed by atoms with van der Waals surface area (Å²) >= 11 is 0. The second-order valence-corrected chi connectivity index (χ2v) is 3.92. The van der Waals surface area contributed by atoms with Gasteiger partial charge in [0, 0.05) is 13.1 Å². The van der Waals surface area contributed by atoms with Crippen molar-refractivity contribution in [2.45, 2.75) is 0 Å². The molecule has 7 heteroatoms. The molecule has 0 fully saturated rings. The molecule has 0 aliphatic rings. The maximum Gasteiger partial charge on any atom is 0.203 e. The third kappa shape index (κ3) is 2.51. The van der Waals surface area contributed by atoms with Crippen molar-refractivity contribution < 1.29 is 13.5 Å². The molecule has 2 rings (SSSR count). The van der Waals surface area contributed by atoms with Crippen LogP contribution in [0.5, 0.6) is 11.5 Å². The fraction of sp³-hybridized carbons (Fsp3) is 0.0769. The standard InChI is InChI=1S/C13H12F2N4O/c1-18-9-4-2-7(6-10(9)19-17)20-11-5-3-8(16)12(14)13(11)15/h2-6,17-18H,16H2,1H3. The topological polar surface area (TPSA) is 83.5 Å². The van der Waals surface area contributed by atoms with E-state index in [4.69, 9.17) is 16.0 Å². The molecule has 2 aromatic rings. The van der Waals surface area contributed by atoms with Crippen LogP contribution in [0.3, 0.4) is 0 Å². The van der Waals surface area contributed by atoms with Crippen LogP contribution < -0.4 is 15.8 Å². The van der Waals surface area contributed by atoms with Crippen LogP contribution in [0.4, 0.5) is 25.8 Å². The summed E-state index contributed by atoms with van der Waals surface area (Å²) in [5, 5.41) is 6.16. The maximum atomic E-state index is 13.6. The van der Waals surface area contributed by atoms with Crippen molar-refractivity contribution in [3.8, 4) is 11.5 Å². The van der Waals surface area contributed by atoms with Crippen LogP contribution in [0.1, 0.15) is 0 Å². The molecule has 0 amide bonds. The molecule has 0 unspecified atom stereocenters. The largest absolute Gasteiger partial charge is 0.454 e. The predicted octanol–water partition coefficient (Wildman–Crippen LogP) is 4.04. The van der Waals surface area contributed by atoms with E-state index in [2.05, 4.69) is 10.4 Å². The second kappa shape index (κ2) is 5.52. The van der Waals surface area contributed by atoms with E-state index >= 15 is 0 Å². The molecular formula is C13H12F2N4O. The van der Waals surface area contributed by atoms with Crippen LogP contribution in [0, 0.1) is 17.2 Å². The molecule has 0 radical (unpaired) electrons. The highest BCUT2D eigenvalue weighted by atomic mass is 19.2. The number of anilines is 2. The number of ether oxygens (including phenoxy) is 1. The number of nitrogen functional groups attached to an aromatic ring is 1. The van der Waals surface area contributed by atoms with Gasteiger partial charge in [-0.15, -0.1) is 0 Å². The Morgan fingerprint density at radius 3 is 2.60 bits per heavy atom. The fourth-order valence-electron chi connectivity index (χ4n) is 1.63. The van der Waals surface area contributed by atoms with Crippen LogP contribution in [0.2, 0.25) is 0 Å². The molecule has 0 spiro atoms. The number of hydrogen-bond donors (Lipinski definition) is 3. The van der Waals surface area contributed by atoms with Gasteiger partial charge in [-0.25, -0.2) is 9.92 Å². The van der Waals surface area contributed by atoms with Crippen molar-refractivity contribution in [1.29, 1.82) is 5.53 Å². The molecule has 104 valence electrons. The first-order valence-corrected chi connectivity index (χ1v) is 5.67. The number of hydrogen-bond acceptors (Lipinski definition) is 5. The number of nitrogens with two attached hydrogens (primary N) is 1. The van der Waals surface area contributed by atoms with Gasteiger partial charge >= 0.3 is 0 Å². The predicted molar refractivity (Wildman–Crippen MR) is 71.6 cm³/mol. The minimum atomic E-state index is -1.16. The van der Waals surface area contributed by atoms with Crippen LogP contribution in [-0.4, -0.2) is 7.05 Å². The third-order valence-corrected chi connectivity index (χ3v) is 2.66. The average Bonchev–Trinajstić information content (AvgIpc) is 2.47. The fourth-order valence-corrected chi connectivity index (χ4v) is 1.63. The number of nitrogens with zero attached hydrogens (tertiary/aromatic N) is 1. The quantitative estimate of drug-likeness (QED) is 0.583. The van der Waals surface area contributed by atoms with E-state index in [0.717, 1.165) is 0 Å². The number of benzene rings is 2. The molecule has 0 saturated carbocycles. The Bertz CT molecular complexity index is 661. The first-order chi connectivity index (χ1) is 9.56. The van der Waals surface area contributed by atoms with Gasteiger partial charge in [0.05, 0.1) is 11.4 Å². The van der Waals surface area contributed by atoms with Crippen LogP contribution in [0.15, 0.2) is 35.4 Å². The molecule has 0 aliphatic carbocycles. The highest BCUT2D eigenvalue weighted by Crippen LogP contribution is 2.33. The van der Waals surface area contributed by atoms with E-state index in [1.807, 2.05) is 0 Å². The van der Waals surface area contributed by atoms with E-state index in [-0.39, 0.29) is 17.2 Å². The van der Waals surface area contributed by atoms with Crippen LogP contribution in [0.25, 0.3) is 0 Å². The van der Waals surface area contributed by atoms with E-state index in [1.54, 1.807) is 19.2 Å². The Morgan fingerprint density at radius 1 is 1.20 bits per heavy atom. The van der Waals surface area contributed by atoms with Crippen molar-refractivity contribution in [3.05, 3.63) is 42.0 Å². The summed E-state index contributed by atoms with van der Waals surface area (Å²) in [5.74, 6) is -2.37. The number of rotatable bonds is 4. The van der Waals surface area contributed by atoms with E-state index < -0.39 is 11.6 Å². The minimum absolute atomic E-state index is 0.234. The zero-order valence-corrected chi connectivity index (χ0v) is 10.6. The van der Waals surface area contributed by atoms with Crippen LogP contribution in [-0.2, 0) is 0 Å². The zero-order valence-electron chi connectivity index (χ0n) is 10.6. The molecule has 5 nitrogen and oxygen atoms in total. The molecule has 2 aromatic carbocycles. The summed E-state index contributed by atoms with van der Waals surface area (Å²) in [4.78, 5) is 0. The summed E-state index contributed by atoms with van der Waals surface area (Å²) in [5.41, 5.74) is 12.9. The van der Waals surface area contributed by atoms with Gasteiger partial charge in [-0.1, -0.05) is 0 Å². The number of nitrogens with one attached hydrogen (secondary N) is 2. The minimum Gasteiger partial charge on any atom is -0.454 e. The first-order valence-electron chi connectivity index (χ1n) is 5.67. The lowest BCUT2D eigenvalue weighted by atomic mass is 10.2. The van der Waals surface area contributed by atoms with Gasteiger partial charge in [0.25, 0.3) is 0 Å². The van der Waals surface area contributed by atoms with Gasteiger partial charge in [-0.2, -0.15) is 9.50 Å². The molecule has 0 aromatic heterocycles. The Balaban J connectivity index is 2.35. The van der Waals surface area contributed by atoms with Gasteiger partial charge in [-0.05, 0) is 24.3 Å². The van der Waals surface area contributed by atoms with Crippen LogP contribution >= 0.6 is 0 Å².